The quantitative estimate of drug-likeness (QED) is 0.598. The molecule has 0 saturated heterocycles. The van der Waals surface area contributed by atoms with E-state index in [9.17, 15) is 0 Å². The normalized spacial score (nSPS) is 15.9. The van der Waals surface area contributed by atoms with E-state index in [1.807, 2.05) is 36.5 Å². The molecule has 134 valence electrons. The predicted molar refractivity (Wildman–Crippen MR) is 100 cm³/mol. The van der Waals surface area contributed by atoms with Crippen molar-refractivity contribution in [1.29, 1.82) is 0 Å². The number of rotatable bonds is 7. The first-order valence-electron chi connectivity index (χ1n) is 9.34. The van der Waals surface area contributed by atoms with Crippen LogP contribution < -0.4 is 10.6 Å². The van der Waals surface area contributed by atoms with Gasteiger partial charge in [-0.25, -0.2) is 4.99 Å². The second-order valence-corrected chi connectivity index (χ2v) is 6.63. The van der Waals surface area contributed by atoms with Crippen LogP contribution in [0.25, 0.3) is 0 Å². The Morgan fingerprint density at radius 1 is 1.12 bits per heavy atom. The van der Waals surface area contributed by atoms with Crippen molar-refractivity contribution in [3.8, 4) is 0 Å². The summed E-state index contributed by atoms with van der Waals surface area (Å²) in [5.74, 6) is 2.62. The van der Waals surface area contributed by atoms with Gasteiger partial charge in [0.25, 0.3) is 0 Å². The maximum atomic E-state index is 5.39. The Morgan fingerprint density at radius 3 is 2.80 bits per heavy atom. The Balaban J connectivity index is 1.52. The summed E-state index contributed by atoms with van der Waals surface area (Å²) in [5, 5.41) is 6.94. The Morgan fingerprint density at radius 2 is 2.04 bits per heavy atom. The van der Waals surface area contributed by atoms with Crippen molar-refractivity contribution in [1.82, 2.24) is 15.6 Å². The smallest absolute Gasteiger partial charge is 0.191 e. The van der Waals surface area contributed by atoms with Crippen molar-refractivity contribution in [2.45, 2.75) is 45.1 Å². The molecule has 0 atom stereocenters. The van der Waals surface area contributed by atoms with E-state index in [-0.39, 0.29) is 0 Å². The molecule has 3 rings (SSSR count). The minimum absolute atomic E-state index is 0.585. The standard InChI is InChI=1S/C20H28N4O/c1-2-7-17(8-3-1)15-23-20(22-13-11-19-10-6-14-25-19)24-16-18-9-4-5-12-21-18/h4-6,9-10,12,14,17H,1-3,7-8,11,13,15-16H2,(H2,22,23,24). The number of hydrogen-bond donors (Lipinski definition) is 2. The van der Waals surface area contributed by atoms with Gasteiger partial charge in [-0.2, -0.15) is 0 Å². The summed E-state index contributed by atoms with van der Waals surface area (Å²) < 4.78 is 5.39. The minimum atomic E-state index is 0.585. The summed E-state index contributed by atoms with van der Waals surface area (Å²) in [4.78, 5) is 9.04. The Bertz CT molecular complexity index is 618. The van der Waals surface area contributed by atoms with Crippen molar-refractivity contribution in [3.63, 3.8) is 0 Å². The van der Waals surface area contributed by atoms with Gasteiger partial charge in [0.05, 0.1) is 18.5 Å². The van der Waals surface area contributed by atoms with E-state index >= 15 is 0 Å². The molecule has 0 radical (unpaired) electrons. The number of nitrogens with one attached hydrogen (secondary N) is 2. The van der Waals surface area contributed by atoms with Crippen molar-refractivity contribution in [2.75, 3.05) is 13.1 Å². The SMILES string of the molecule is c1ccc(CN=C(NCCc2ccco2)NCC2CCCCC2)nc1. The van der Waals surface area contributed by atoms with Gasteiger partial charge in [0.15, 0.2) is 5.96 Å². The highest BCUT2D eigenvalue weighted by atomic mass is 16.3. The molecule has 25 heavy (non-hydrogen) atoms. The second-order valence-electron chi connectivity index (χ2n) is 6.63. The van der Waals surface area contributed by atoms with Crippen LogP contribution in [0, 0.1) is 5.92 Å². The fraction of sp³-hybridized carbons (Fsp3) is 0.500. The predicted octanol–water partition coefficient (Wildman–Crippen LogP) is 3.53. The molecule has 1 aliphatic rings. The van der Waals surface area contributed by atoms with Gasteiger partial charge in [0.1, 0.15) is 5.76 Å². The van der Waals surface area contributed by atoms with Gasteiger partial charge >= 0.3 is 0 Å². The molecule has 1 aliphatic carbocycles. The number of furan rings is 1. The number of guanidine groups is 1. The first kappa shape index (κ1) is 17.5. The fourth-order valence-electron chi connectivity index (χ4n) is 3.22. The van der Waals surface area contributed by atoms with Gasteiger partial charge in [-0.05, 0) is 43.0 Å². The largest absolute Gasteiger partial charge is 0.469 e. The fourth-order valence-corrected chi connectivity index (χ4v) is 3.22. The van der Waals surface area contributed by atoms with Crippen molar-refractivity contribution < 1.29 is 4.42 Å². The highest BCUT2D eigenvalue weighted by Crippen LogP contribution is 2.22. The van der Waals surface area contributed by atoms with Crippen LogP contribution in [0.15, 0.2) is 52.2 Å². The van der Waals surface area contributed by atoms with E-state index < -0.39 is 0 Å². The van der Waals surface area contributed by atoms with Crippen LogP contribution in [0.2, 0.25) is 0 Å². The van der Waals surface area contributed by atoms with Crippen LogP contribution in [-0.2, 0) is 13.0 Å². The Labute approximate surface area is 150 Å². The van der Waals surface area contributed by atoms with E-state index in [4.69, 9.17) is 9.41 Å². The Hall–Kier alpha value is -2.30. The molecule has 2 aromatic heterocycles. The van der Waals surface area contributed by atoms with Gasteiger partial charge in [-0.15, -0.1) is 0 Å². The molecule has 5 heteroatoms. The third-order valence-corrected chi connectivity index (χ3v) is 4.65. The van der Waals surface area contributed by atoms with Crippen molar-refractivity contribution in [2.24, 2.45) is 10.9 Å². The third-order valence-electron chi connectivity index (χ3n) is 4.65. The number of hydrogen-bond acceptors (Lipinski definition) is 3. The van der Waals surface area contributed by atoms with Gasteiger partial charge in [0.2, 0.25) is 0 Å². The molecular weight excluding hydrogens is 312 g/mol. The number of pyridine rings is 1. The summed E-state index contributed by atoms with van der Waals surface area (Å²) in [6, 6.07) is 9.86. The van der Waals surface area contributed by atoms with Crippen LogP contribution in [-0.4, -0.2) is 24.0 Å². The summed E-state index contributed by atoms with van der Waals surface area (Å²) in [5.41, 5.74) is 0.979. The first-order valence-corrected chi connectivity index (χ1v) is 9.34. The molecule has 2 aromatic rings. The average molecular weight is 340 g/mol. The Kier molecular flexibility index (Phi) is 6.91. The topological polar surface area (TPSA) is 62.5 Å². The molecule has 0 bridgehead atoms. The van der Waals surface area contributed by atoms with E-state index in [2.05, 4.69) is 15.6 Å². The summed E-state index contributed by atoms with van der Waals surface area (Å²) in [6.45, 7) is 2.38. The van der Waals surface area contributed by atoms with Crippen LogP contribution in [0.1, 0.15) is 43.6 Å². The maximum absolute atomic E-state index is 5.39. The van der Waals surface area contributed by atoms with Crippen molar-refractivity contribution >= 4 is 5.96 Å². The van der Waals surface area contributed by atoms with E-state index in [1.165, 1.54) is 32.1 Å². The molecule has 5 nitrogen and oxygen atoms in total. The molecule has 2 heterocycles. The first-order chi connectivity index (χ1) is 12.4. The molecule has 2 N–H and O–H groups in total. The maximum Gasteiger partial charge on any atom is 0.191 e. The zero-order valence-electron chi connectivity index (χ0n) is 14.8. The number of aliphatic imine (C=N–C) groups is 1. The monoisotopic (exact) mass is 340 g/mol. The lowest BCUT2D eigenvalue weighted by atomic mass is 9.89. The van der Waals surface area contributed by atoms with Crippen molar-refractivity contribution in [3.05, 3.63) is 54.2 Å². The van der Waals surface area contributed by atoms with Gasteiger partial charge < -0.3 is 15.1 Å². The number of nitrogens with zero attached hydrogens (tertiary/aromatic N) is 2. The lowest BCUT2D eigenvalue weighted by Gasteiger charge is -2.23. The van der Waals surface area contributed by atoms with Crippen LogP contribution in [0.4, 0.5) is 0 Å². The number of aromatic nitrogens is 1. The highest BCUT2D eigenvalue weighted by Gasteiger charge is 2.13. The third kappa shape index (κ3) is 6.25. The van der Waals surface area contributed by atoms with Gasteiger partial charge in [0, 0.05) is 25.7 Å². The molecule has 0 aliphatic heterocycles. The molecule has 0 aromatic carbocycles. The average Bonchev–Trinajstić information content (AvgIpc) is 3.19. The summed E-state index contributed by atoms with van der Waals surface area (Å²) in [7, 11) is 0. The van der Waals surface area contributed by atoms with Crippen LogP contribution >= 0.6 is 0 Å². The minimum Gasteiger partial charge on any atom is -0.469 e. The zero-order valence-corrected chi connectivity index (χ0v) is 14.8. The summed E-state index contributed by atoms with van der Waals surface area (Å²) >= 11 is 0. The highest BCUT2D eigenvalue weighted by molar-refractivity contribution is 5.79. The lowest BCUT2D eigenvalue weighted by Crippen LogP contribution is -2.41. The second kappa shape index (κ2) is 9.87. The van der Waals surface area contributed by atoms with Crippen LogP contribution in [0.3, 0.4) is 0 Å². The zero-order chi connectivity index (χ0) is 17.2. The lowest BCUT2D eigenvalue weighted by molar-refractivity contribution is 0.355. The molecule has 0 amide bonds. The molecule has 0 unspecified atom stereocenters. The van der Waals surface area contributed by atoms with E-state index in [0.29, 0.717) is 6.54 Å². The molecule has 0 spiro atoms. The van der Waals surface area contributed by atoms with Gasteiger partial charge in [-0.1, -0.05) is 25.3 Å². The van der Waals surface area contributed by atoms with E-state index in [0.717, 1.165) is 42.8 Å². The molecular formula is C20H28N4O. The van der Waals surface area contributed by atoms with Gasteiger partial charge in [-0.3, -0.25) is 4.98 Å². The molecule has 1 fully saturated rings. The van der Waals surface area contributed by atoms with Crippen LogP contribution in [0.5, 0.6) is 0 Å². The molecule has 1 saturated carbocycles. The van der Waals surface area contributed by atoms with E-state index in [1.54, 1.807) is 6.26 Å². The summed E-state index contributed by atoms with van der Waals surface area (Å²) in [6.07, 6.45) is 11.1.